The molecule has 0 aliphatic carbocycles. The molecule has 0 spiro atoms. The number of aliphatic hydroxyl groups excluding tert-OH is 1. The molecule has 1 amide bonds. The number of hydrogen-bond donors (Lipinski definition) is 3. The number of anilines is 1. The number of rotatable bonds is 7. The van der Waals surface area contributed by atoms with E-state index in [1.165, 1.54) is 6.07 Å². The van der Waals surface area contributed by atoms with E-state index in [1.807, 2.05) is 36.0 Å². The summed E-state index contributed by atoms with van der Waals surface area (Å²) < 4.78 is 29.8. The first-order chi connectivity index (χ1) is 13.7. The molecule has 154 valence electrons. The molecule has 3 rings (SSSR count). The van der Waals surface area contributed by atoms with Crippen molar-refractivity contribution in [2.24, 2.45) is 7.05 Å². The zero-order valence-electron chi connectivity index (χ0n) is 16.6. The van der Waals surface area contributed by atoms with Crippen LogP contribution in [0.3, 0.4) is 0 Å². The SMILES string of the molecule is CCC(=O)Nc1ccc(S(=O)(=O)NCC(O)c2ccc3c(ccn3C)c2)c(C)c1. The van der Waals surface area contributed by atoms with Gasteiger partial charge in [0.05, 0.1) is 11.0 Å². The van der Waals surface area contributed by atoms with E-state index in [1.54, 1.807) is 32.0 Å². The Bertz CT molecular complexity index is 1150. The largest absolute Gasteiger partial charge is 0.387 e. The Kier molecular flexibility index (Phi) is 6.07. The fraction of sp³-hybridized carbons (Fsp3) is 0.286. The predicted octanol–water partition coefficient (Wildman–Crippen LogP) is 2.85. The minimum atomic E-state index is -3.81. The summed E-state index contributed by atoms with van der Waals surface area (Å²) in [7, 11) is -1.87. The van der Waals surface area contributed by atoms with E-state index in [-0.39, 0.29) is 17.3 Å². The number of sulfonamides is 1. The van der Waals surface area contributed by atoms with E-state index >= 15 is 0 Å². The average Bonchev–Trinajstić information content (AvgIpc) is 3.06. The van der Waals surface area contributed by atoms with Crippen molar-refractivity contribution < 1.29 is 18.3 Å². The van der Waals surface area contributed by atoms with Gasteiger partial charge < -0.3 is 15.0 Å². The number of hydrogen-bond acceptors (Lipinski definition) is 4. The smallest absolute Gasteiger partial charge is 0.240 e. The molecule has 1 unspecified atom stereocenters. The van der Waals surface area contributed by atoms with Gasteiger partial charge in [-0.2, -0.15) is 0 Å². The number of aliphatic hydroxyl groups is 1. The number of nitrogens with zero attached hydrogens (tertiary/aromatic N) is 1. The van der Waals surface area contributed by atoms with Crippen molar-refractivity contribution in [3.05, 3.63) is 59.8 Å². The molecule has 2 aromatic carbocycles. The highest BCUT2D eigenvalue weighted by Gasteiger charge is 2.19. The highest BCUT2D eigenvalue weighted by atomic mass is 32.2. The molecule has 0 radical (unpaired) electrons. The molecule has 1 aromatic heterocycles. The van der Waals surface area contributed by atoms with Gasteiger partial charge in [-0.25, -0.2) is 13.1 Å². The van der Waals surface area contributed by atoms with Crippen LogP contribution in [0.25, 0.3) is 10.9 Å². The van der Waals surface area contributed by atoms with E-state index in [0.717, 1.165) is 10.9 Å². The van der Waals surface area contributed by atoms with Gasteiger partial charge in [0.2, 0.25) is 15.9 Å². The summed E-state index contributed by atoms with van der Waals surface area (Å²) in [4.78, 5) is 11.6. The lowest BCUT2D eigenvalue weighted by molar-refractivity contribution is -0.115. The van der Waals surface area contributed by atoms with Crippen molar-refractivity contribution in [3.8, 4) is 0 Å². The zero-order valence-corrected chi connectivity index (χ0v) is 17.5. The fourth-order valence-electron chi connectivity index (χ4n) is 3.17. The van der Waals surface area contributed by atoms with Crippen LogP contribution in [0.5, 0.6) is 0 Å². The molecule has 7 nitrogen and oxygen atoms in total. The molecule has 1 heterocycles. The average molecular weight is 416 g/mol. The van der Waals surface area contributed by atoms with Gasteiger partial charge in [0, 0.05) is 37.4 Å². The molecule has 29 heavy (non-hydrogen) atoms. The van der Waals surface area contributed by atoms with E-state index in [2.05, 4.69) is 10.0 Å². The molecule has 3 N–H and O–H groups in total. The molecule has 8 heteroatoms. The number of aromatic nitrogens is 1. The standard InChI is InChI=1S/C21H25N3O4S/c1-4-21(26)23-17-6-8-20(14(2)11-17)29(27,28)22-13-19(25)16-5-7-18-15(12-16)9-10-24(18)3/h5-12,19,22,25H,4,13H2,1-3H3,(H,23,26). The van der Waals surface area contributed by atoms with Crippen molar-refractivity contribution in [1.29, 1.82) is 0 Å². The van der Waals surface area contributed by atoms with Crippen LogP contribution in [-0.2, 0) is 21.9 Å². The van der Waals surface area contributed by atoms with E-state index < -0.39 is 16.1 Å². The number of fused-ring (bicyclic) bond motifs is 1. The Balaban J connectivity index is 1.72. The van der Waals surface area contributed by atoms with Crippen molar-refractivity contribution in [3.63, 3.8) is 0 Å². The maximum atomic E-state index is 12.7. The van der Waals surface area contributed by atoms with Crippen molar-refractivity contribution >= 4 is 32.5 Å². The van der Waals surface area contributed by atoms with Crippen LogP contribution in [0.1, 0.15) is 30.6 Å². The van der Waals surface area contributed by atoms with Crippen molar-refractivity contribution in [2.45, 2.75) is 31.3 Å². The van der Waals surface area contributed by atoms with Gasteiger partial charge in [-0.3, -0.25) is 4.79 Å². The molecule has 0 bridgehead atoms. The molecule has 0 saturated carbocycles. The third-order valence-electron chi connectivity index (χ3n) is 4.83. The van der Waals surface area contributed by atoms with Gasteiger partial charge in [0.25, 0.3) is 0 Å². The molecule has 0 aliphatic heterocycles. The highest BCUT2D eigenvalue weighted by Crippen LogP contribution is 2.23. The Morgan fingerprint density at radius 2 is 1.93 bits per heavy atom. The second-order valence-electron chi connectivity index (χ2n) is 6.99. The maximum Gasteiger partial charge on any atom is 0.240 e. The maximum absolute atomic E-state index is 12.7. The lowest BCUT2D eigenvalue weighted by Crippen LogP contribution is -2.29. The van der Waals surface area contributed by atoms with Gasteiger partial charge >= 0.3 is 0 Å². The normalized spacial score (nSPS) is 12.8. The molecule has 1 atom stereocenters. The van der Waals surface area contributed by atoms with Gasteiger partial charge in [-0.15, -0.1) is 0 Å². The summed E-state index contributed by atoms with van der Waals surface area (Å²) in [6.45, 7) is 3.26. The number of nitrogens with one attached hydrogen (secondary N) is 2. The summed E-state index contributed by atoms with van der Waals surface area (Å²) in [6, 6.07) is 12.1. The number of carbonyl (C=O) groups is 1. The van der Waals surface area contributed by atoms with Gasteiger partial charge in [-0.05, 0) is 59.8 Å². The van der Waals surface area contributed by atoms with Crippen molar-refractivity contribution in [2.75, 3.05) is 11.9 Å². The second kappa shape index (κ2) is 8.36. The molecular weight excluding hydrogens is 390 g/mol. The first-order valence-corrected chi connectivity index (χ1v) is 10.8. The first-order valence-electron chi connectivity index (χ1n) is 9.34. The van der Waals surface area contributed by atoms with Gasteiger partial charge in [0.1, 0.15) is 0 Å². The molecule has 0 aliphatic rings. The van der Waals surface area contributed by atoms with Crippen molar-refractivity contribution in [1.82, 2.24) is 9.29 Å². The minimum absolute atomic E-state index is 0.109. The monoisotopic (exact) mass is 415 g/mol. The van der Waals surface area contributed by atoms with Crippen LogP contribution in [0.4, 0.5) is 5.69 Å². The number of benzene rings is 2. The summed E-state index contributed by atoms with van der Waals surface area (Å²) in [5.74, 6) is -0.142. The summed E-state index contributed by atoms with van der Waals surface area (Å²) in [5.41, 5.74) is 2.73. The summed E-state index contributed by atoms with van der Waals surface area (Å²) in [6.07, 6.45) is 1.30. The van der Waals surface area contributed by atoms with E-state index in [9.17, 15) is 18.3 Å². The predicted molar refractivity (Wildman–Crippen MR) is 113 cm³/mol. The van der Waals surface area contributed by atoms with Crippen LogP contribution in [0.15, 0.2) is 53.6 Å². The Hall–Kier alpha value is -2.68. The highest BCUT2D eigenvalue weighted by molar-refractivity contribution is 7.89. The fourth-order valence-corrected chi connectivity index (χ4v) is 4.43. The van der Waals surface area contributed by atoms with E-state index in [0.29, 0.717) is 23.2 Å². The minimum Gasteiger partial charge on any atom is -0.387 e. The molecule has 0 saturated heterocycles. The number of aryl methyl sites for hydroxylation is 2. The van der Waals surface area contributed by atoms with Crippen LogP contribution in [0.2, 0.25) is 0 Å². The molecule has 0 fully saturated rings. The lowest BCUT2D eigenvalue weighted by atomic mass is 10.1. The third kappa shape index (κ3) is 4.67. The Morgan fingerprint density at radius 3 is 2.62 bits per heavy atom. The number of carbonyl (C=O) groups excluding carboxylic acids is 1. The Morgan fingerprint density at radius 1 is 1.17 bits per heavy atom. The summed E-state index contributed by atoms with van der Waals surface area (Å²) in [5, 5.41) is 14.1. The topological polar surface area (TPSA) is 100 Å². The number of amides is 1. The third-order valence-corrected chi connectivity index (χ3v) is 6.41. The Labute approximate surface area is 170 Å². The van der Waals surface area contributed by atoms with Gasteiger partial charge in [0.15, 0.2) is 0 Å². The van der Waals surface area contributed by atoms with Crippen LogP contribution in [0, 0.1) is 6.92 Å². The molecular formula is C21H25N3O4S. The first kappa shape index (κ1) is 21.0. The molecule has 3 aromatic rings. The second-order valence-corrected chi connectivity index (χ2v) is 8.73. The van der Waals surface area contributed by atoms with E-state index in [4.69, 9.17) is 0 Å². The van der Waals surface area contributed by atoms with Crippen LogP contribution in [-0.4, -0.2) is 30.5 Å². The van der Waals surface area contributed by atoms with Crippen LogP contribution < -0.4 is 10.0 Å². The van der Waals surface area contributed by atoms with Gasteiger partial charge in [-0.1, -0.05) is 13.0 Å². The van der Waals surface area contributed by atoms with Crippen LogP contribution >= 0.6 is 0 Å². The summed E-state index contributed by atoms with van der Waals surface area (Å²) >= 11 is 0. The lowest BCUT2D eigenvalue weighted by Gasteiger charge is -2.15. The quantitative estimate of drug-likeness (QED) is 0.552. The zero-order chi connectivity index (χ0) is 21.2.